The number of pyridine rings is 1. The van der Waals surface area contributed by atoms with Gasteiger partial charge in [-0.15, -0.1) is 11.3 Å². The Balaban J connectivity index is 1.74. The van der Waals surface area contributed by atoms with E-state index in [4.69, 9.17) is 4.74 Å². The average Bonchev–Trinajstić information content (AvgIpc) is 3.23. The van der Waals surface area contributed by atoms with Gasteiger partial charge in [0.15, 0.2) is 5.82 Å². The van der Waals surface area contributed by atoms with Crippen LogP contribution >= 0.6 is 11.3 Å². The minimum Gasteiger partial charge on any atom is -0.379 e. The molecule has 25 heavy (non-hydrogen) atoms. The second-order valence-corrected chi connectivity index (χ2v) is 6.85. The van der Waals surface area contributed by atoms with E-state index in [1.807, 2.05) is 44.2 Å². The van der Waals surface area contributed by atoms with Gasteiger partial charge in [0, 0.05) is 29.4 Å². The first kappa shape index (κ1) is 17.3. The van der Waals surface area contributed by atoms with Crippen LogP contribution in [0, 0.1) is 6.92 Å². The van der Waals surface area contributed by atoms with Crippen LogP contribution in [0.25, 0.3) is 5.82 Å². The summed E-state index contributed by atoms with van der Waals surface area (Å²) in [7, 11) is 1.64. The lowest BCUT2D eigenvalue weighted by Crippen LogP contribution is -2.26. The van der Waals surface area contributed by atoms with Crippen molar-refractivity contribution in [2.45, 2.75) is 26.5 Å². The molecule has 6 nitrogen and oxygen atoms in total. The lowest BCUT2D eigenvalue weighted by atomic mass is 10.1. The summed E-state index contributed by atoms with van der Waals surface area (Å²) >= 11 is 1.44. The van der Waals surface area contributed by atoms with E-state index in [9.17, 15) is 4.79 Å². The molecule has 130 valence electrons. The third kappa shape index (κ3) is 3.78. The van der Waals surface area contributed by atoms with Crippen LogP contribution in [0.2, 0.25) is 0 Å². The second kappa shape index (κ2) is 7.58. The number of hydrogen-bond acceptors (Lipinski definition) is 5. The molecule has 0 saturated heterocycles. The largest absolute Gasteiger partial charge is 0.379 e. The molecular formula is C18H20N4O2S. The number of nitrogens with one attached hydrogen (secondary N) is 1. The number of rotatable bonds is 6. The highest BCUT2D eigenvalue weighted by atomic mass is 32.1. The van der Waals surface area contributed by atoms with E-state index in [1.165, 1.54) is 11.3 Å². The summed E-state index contributed by atoms with van der Waals surface area (Å²) < 4.78 is 6.87. The van der Waals surface area contributed by atoms with Crippen molar-refractivity contribution >= 4 is 17.2 Å². The number of ether oxygens (including phenoxy) is 1. The summed E-state index contributed by atoms with van der Waals surface area (Å²) in [6, 6.07) is 9.27. The minimum atomic E-state index is -0.155. The van der Waals surface area contributed by atoms with Crippen LogP contribution in [0.15, 0.2) is 42.7 Å². The highest BCUT2D eigenvalue weighted by Gasteiger charge is 2.18. The molecule has 0 aliphatic heterocycles. The number of methoxy groups -OCH3 is 1. The maximum atomic E-state index is 12.5. The Labute approximate surface area is 150 Å². The van der Waals surface area contributed by atoms with E-state index < -0.39 is 0 Å². The van der Waals surface area contributed by atoms with Crippen LogP contribution in [0.4, 0.5) is 0 Å². The van der Waals surface area contributed by atoms with Gasteiger partial charge in [-0.05, 0) is 38.1 Å². The molecule has 7 heteroatoms. The van der Waals surface area contributed by atoms with Crippen LogP contribution in [0.1, 0.15) is 38.8 Å². The van der Waals surface area contributed by atoms with Crippen molar-refractivity contribution in [3.05, 3.63) is 63.7 Å². The maximum Gasteiger partial charge on any atom is 0.261 e. The smallest absolute Gasteiger partial charge is 0.261 e. The monoisotopic (exact) mass is 356 g/mol. The summed E-state index contributed by atoms with van der Waals surface area (Å²) in [5.41, 5.74) is 1.92. The molecule has 0 aliphatic rings. The van der Waals surface area contributed by atoms with Gasteiger partial charge in [-0.1, -0.05) is 6.07 Å². The lowest BCUT2D eigenvalue weighted by Gasteiger charge is -2.13. The van der Waals surface area contributed by atoms with Gasteiger partial charge >= 0.3 is 0 Å². The SMILES string of the molecule is COCc1ccc(C(=O)NC(C)c2cnn(-c3ccccn3)c2C)s1. The van der Waals surface area contributed by atoms with Gasteiger partial charge in [0.25, 0.3) is 5.91 Å². The van der Waals surface area contributed by atoms with Crippen molar-refractivity contribution in [1.82, 2.24) is 20.1 Å². The quantitative estimate of drug-likeness (QED) is 0.736. The Kier molecular flexibility index (Phi) is 5.25. The Bertz CT molecular complexity index is 857. The summed E-state index contributed by atoms with van der Waals surface area (Å²) in [5, 5.41) is 7.43. The number of aromatic nitrogens is 3. The molecule has 0 saturated carbocycles. The minimum absolute atomic E-state index is 0.0927. The number of hydrogen-bond donors (Lipinski definition) is 1. The zero-order valence-electron chi connectivity index (χ0n) is 14.4. The lowest BCUT2D eigenvalue weighted by molar-refractivity contribution is 0.0944. The molecule has 0 aliphatic carbocycles. The molecule has 3 heterocycles. The fraction of sp³-hybridized carbons (Fsp3) is 0.278. The number of carbonyl (C=O) groups excluding carboxylic acids is 1. The van der Waals surface area contributed by atoms with E-state index in [0.717, 1.165) is 22.0 Å². The summed E-state index contributed by atoms with van der Waals surface area (Å²) in [5.74, 6) is 0.664. The number of thiophene rings is 1. The van der Waals surface area contributed by atoms with Gasteiger partial charge in [0.2, 0.25) is 0 Å². The van der Waals surface area contributed by atoms with Crippen molar-refractivity contribution in [2.24, 2.45) is 0 Å². The van der Waals surface area contributed by atoms with E-state index >= 15 is 0 Å². The van der Waals surface area contributed by atoms with Crippen molar-refractivity contribution in [2.75, 3.05) is 7.11 Å². The van der Waals surface area contributed by atoms with Gasteiger partial charge in [-0.3, -0.25) is 4.79 Å². The van der Waals surface area contributed by atoms with Gasteiger partial charge < -0.3 is 10.1 Å². The number of carbonyl (C=O) groups is 1. The molecule has 3 rings (SSSR count). The highest BCUT2D eigenvalue weighted by Crippen LogP contribution is 2.22. The van der Waals surface area contributed by atoms with Crippen molar-refractivity contribution in [1.29, 1.82) is 0 Å². The third-order valence-corrected chi connectivity index (χ3v) is 4.96. The number of nitrogens with zero attached hydrogens (tertiary/aromatic N) is 3. The normalized spacial score (nSPS) is 12.1. The Morgan fingerprint density at radius 3 is 2.92 bits per heavy atom. The molecule has 3 aromatic rings. The van der Waals surface area contributed by atoms with Crippen LogP contribution in [0.5, 0.6) is 0 Å². The third-order valence-electron chi connectivity index (χ3n) is 3.90. The standard InChI is InChI=1S/C18H20N4O2S/c1-12(21-18(23)16-8-7-14(25-16)11-24-3)15-10-20-22(13(15)2)17-6-4-5-9-19-17/h4-10,12H,11H2,1-3H3,(H,21,23). The summed E-state index contributed by atoms with van der Waals surface area (Å²) in [4.78, 5) is 18.5. The molecule has 0 spiro atoms. The average molecular weight is 356 g/mol. The van der Waals surface area contributed by atoms with Gasteiger partial charge in [-0.2, -0.15) is 5.10 Å². The van der Waals surface area contributed by atoms with Crippen molar-refractivity contribution in [3.8, 4) is 5.82 Å². The van der Waals surface area contributed by atoms with Crippen LogP contribution in [-0.4, -0.2) is 27.8 Å². The molecule has 0 fully saturated rings. The Morgan fingerprint density at radius 2 is 2.20 bits per heavy atom. The molecule has 0 radical (unpaired) electrons. The predicted octanol–water partition coefficient (Wildman–Crippen LogP) is 3.27. The van der Waals surface area contributed by atoms with E-state index in [-0.39, 0.29) is 11.9 Å². The maximum absolute atomic E-state index is 12.5. The molecule has 1 N–H and O–H groups in total. The highest BCUT2D eigenvalue weighted by molar-refractivity contribution is 7.14. The van der Waals surface area contributed by atoms with Crippen LogP contribution in [0.3, 0.4) is 0 Å². The summed E-state index contributed by atoms with van der Waals surface area (Å²) in [6.07, 6.45) is 3.51. The van der Waals surface area contributed by atoms with Crippen molar-refractivity contribution in [3.63, 3.8) is 0 Å². The zero-order valence-corrected chi connectivity index (χ0v) is 15.2. The molecular weight excluding hydrogens is 336 g/mol. The second-order valence-electron chi connectivity index (χ2n) is 5.68. The Hall–Kier alpha value is -2.51. The number of amides is 1. The topological polar surface area (TPSA) is 69.0 Å². The first-order valence-electron chi connectivity index (χ1n) is 7.94. The van der Waals surface area contributed by atoms with Gasteiger partial charge in [0.05, 0.1) is 23.7 Å². The molecule has 1 unspecified atom stereocenters. The van der Waals surface area contributed by atoms with Crippen LogP contribution < -0.4 is 5.32 Å². The Morgan fingerprint density at radius 1 is 1.36 bits per heavy atom. The molecule has 3 aromatic heterocycles. The summed E-state index contributed by atoms with van der Waals surface area (Å²) in [6.45, 7) is 4.44. The molecule has 1 amide bonds. The van der Waals surface area contributed by atoms with E-state index in [2.05, 4.69) is 15.4 Å². The molecule has 1 atom stereocenters. The zero-order chi connectivity index (χ0) is 17.8. The van der Waals surface area contributed by atoms with Crippen LogP contribution in [-0.2, 0) is 11.3 Å². The first-order chi connectivity index (χ1) is 12.1. The first-order valence-corrected chi connectivity index (χ1v) is 8.76. The van der Waals surface area contributed by atoms with E-state index in [0.29, 0.717) is 11.5 Å². The van der Waals surface area contributed by atoms with Gasteiger partial charge in [-0.25, -0.2) is 9.67 Å². The predicted molar refractivity (Wildman–Crippen MR) is 97.0 cm³/mol. The molecule has 0 bridgehead atoms. The fourth-order valence-corrected chi connectivity index (χ4v) is 3.51. The van der Waals surface area contributed by atoms with E-state index in [1.54, 1.807) is 24.2 Å². The fourth-order valence-electron chi connectivity index (χ4n) is 2.62. The molecule has 0 aromatic carbocycles. The van der Waals surface area contributed by atoms with Gasteiger partial charge in [0.1, 0.15) is 0 Å². The van der Waals surface area contributed by atoms with Crippen molar-refractivity contribution < 1.29 is 9.53 Å².